The molecule has 2 aromatic rings. The second-order valence-corrected chi connectivity index (χ2v) is 8.45. The highest BCUT2D eigenvalue weighted by molar-refractivity contribution is 7.09. The molecule has 0 radical (unpaired) electrons. The molecule has 0 spiro atoms. The molecule has 3 aliphatic rings. The molecule has 1 aliphatic carbocycles. The zero-order chi connectivity index (χ0) is 16.3. The number of nitrogens with zero attached hydrogens (tertiary/aromatic N) is 4. The summed E-state index contributed by atoms with van der Waals surface area (Å²) in [5.74, 6) is 1.04. The smallest absolute Gasteiger partial charge is 0.271 e. The summed E-state index contributed by atoms with van der Waals surface area (Å²) in [6.45, 7) is 5.90. The minimum absolute atomic E-state index is 0.153. The molecule has 0 unspecified atom stereocenters. The molecular formula is C18H22N4OS. The van der Waals surface area contributed by atoms with Crippen molar-refractivity contribution in [2.75, 3.05) is 19.6 Å². The molecule has 6 heteroatoms. The predicted molar refractivity (Wildman–Crippen MR) is 93.1 cm³/mol. The summed E-state index contributed by atoms with van der Waals surface area (Å²) in [5.41, 5.74) is 1.85. The predicted octanol–water partition coefficient (Wildman–Crippen LogP) is 2.54. The Balaban J connectivity index is 1.45. The van der Waals surface area contributed by atoms with Crippen LogP contribution in [0.2, 0.25) is 0 Å². The van der Waals surface area contributed by atoms with Gasteiger partial charge in [0.1, 0.15) is 5.69 Å². The van der Waals surface area contributed by atoms with Crippen molar-refractivity contribution in [1.82, 2.24) is 19.4 Å². The van der Waals surface area contributed by atoms with E-state index in [1.165, 1.54) is 19.4 Å². The van der Waals surface area contributed by atoms with Crippen molar-refractivity contribution in [1.29, 1.82) is 0 Å². The first-order valence-corrected chi connectivity index (χ1v) is 9.68. The van der Waals surface area contributed by atoms with Gasteiger partial charge in [-0.2, -0.15) is 0 Å². The van der Waals surface area contributed by atoms with Gasteiger partial charge in [0, 0.05) is 31.2 Å². The normalized spacial score (nSPS) is 26.7. The van der Waals surface area contributed by atoms with Gasteiger partial charge in [0.15, 0.2) is 0 Å². The Morgan fingerprint density at radius 3 is 2.88 bits per heavy atom. The van der Waals surface area contributed by atoms with Crippen LogP contribution in [-0.2, 0) is 6.54 Å². The second kappa shape index (κ2) is 5.43. The van der Waals surface area contributed by atoms with Crippen LogP contribution in [0.25, 0.3) is 0 Å². The summed E-state index contributed by atoms with van der Waals surface area (Å²) >= 11 is 1.66. The lowest BCUT2D eigenvalue weighted by Crippen LogP contribution is -2.49. The third-order valence-corrected chi connectivity index (χ3v) is 6.39. The first-order valence-electron chi connectivity index (χ1n) is 8.80. The maximum atomic E-state index is 13.0. The minimum Gasteiger partial charge on any atom is -0.337 e. The fourth-order valence-corrected chi connectivity index (χ4v) is 4.85. The van der Waals surface area contributed by atoms with E-state index in [4.69, 9.17) is 0 Å². The molecule has 1 saturated carbocycles. The lowest BCUT2D eigenvalue weighted by atomic mass is 10.1. The lowest BCUT2D eigenvalue weighted by Gasteiger charge is -2.38. The van der Waals surface area contributed by atoms with Gasteiger partial charge >= 0.3 is 0 Å². The van der Waals surface area contributed by atoms with Gasteiger partial charge in [-0.15, -0.1) is 11.3 Å². The highest BCUT2D eigenvalue weighted by Crippen LogP contribution is 2.37. The van der Waals surface area contributed by atoms with Gasteiger partial charge in [-0.3, -0.25) is 9.69 Å². The van der Waals surface area contributed by atoms with E-state index in [0.29, 0.717) is 12.6 Å². The van der Waals surface area contributed by atoms with Crippen LogP contribution in [0.4, 0.5) is 0 Å². The lowest BCUT2D eigenvalue weighted by molar-refractivity contribution is 0.0554. The number of carbonyl (C=O) groups is 1. The van der Waals surface area contributed by atoms with Gasteiger partial charge in [-0.1, -0.05) is 0 Å². The quantitative estimate of drug-likeness (QED) is 0.857. The van der Waals surface area contributed by atoms with E-state index in [2.05, 4.69) is 30.9 Å². The molecule has 2 aromatic heterocycles. The first-order chi connectivity index (χ1) is 11.7. The third-order valence-electron chi connectivity index (χ3n) is 5.56. The number of hydrogen-bond acceptors (Lipinski definition) is 4. The Bertz CT molecular complexity index is 778. The van der Waals surface area contributed by atoms with Crippen molar-refractivity contribution >= 4 is 17.2 Å². The second-order valence-electron chi connectivity index (χ2n) is 7.39. The van der Waals surface area contributed by atoms with E-state index in [1.54, 1.807) is 11.3 Å². The topological polar surface area (TPSA) is 41.4 Å². The van der Waals surface area contributed by atoms with Crippen molar-refractivity contribution in [3.05, 3.63) is 40.1 Å². The van der Waals surface area contributed by atoms with Gasteiger partial charge in [0.05, 0.1) is 29.3 Å². The number of thiazole rings is 1. The van der Waals surface area contributed by atoms with Crippen molar-refractivity contribution < 1.29 is 4.79 Å². The molecule has 1 amide bonds. The van der Waals surface area contributed by atoms with E-state index in [0.717, 1.165) is 35.4 Å². The third kappa shape index (κ3) is 2.40. The SMILES string of the molecule is Cc1nc(CN2C(=O)c3cccn3[C@@H]3CN(CC4CC4)C[C@@H]32)cs1. The van der Waals surface area contributed by atoms with Crippen LogP contribution in [0.5, 0.6) is 0 Å². The van der Waals surface area contributed by atoms with E-state index >= 15 is 0 Å². The van der Waals surface area contributed by atoms with Gasteiger partial charge in [0.25, 0.3) is 5.91 Å². The van der Waals surface area contributed by atoms with Crippen molar-refractivity contribution in [3.8, 4) is 0 Å². The minimum atomic E-state index is 0.153. The zero-order valence-electron chi connectivity index (χ0n) is 13.9. The van der Waals surface area contributed by atoms with Crippen molar-refractivity contribution in [3.63, 3.8) is 0 Å². The average molecular weight is 342 g/mol. The number of likely N-dealkylation sites (tertiary alicyclic amines) is 1. The zero-order valence-corrected chi connectivity index (χ0v) is 14.7. The fraction of sp³-hybridized carbons (Fsp3) is 0.556. The van der Waals surface area contributed by atoms with E-state index in [-0.39, 0.29) is 11.9 Å². The Morgan fingerprint density at radius 2 is 2.12 bits per heavy atom. The molecule has 1 saturated heterocycles. The summed E-state index contributed by atoms with van der Waals surface area (Å²) in [7, 11) is 0. The van der Waals surface area contributed by atoms with Crippen LogP contribution < -0.4 is 0 Å². The molecule has 2 fully saturated rings. The maximum absolute atomic E-state index is 13.0. The van der Waals surface area contributed by atoms with Gasteiger partial charge < -0.3 is 9.47 Å². The van der Waals surface area contributed by atoms with E-state index in [9.17, 15) is 4.79 Å². The standard InChI is InChI=1S/C18H22N4OS/c1-12-19-14(11-24-12)8-22-17-10-20(7-13-4-5-13)9-16(17)21-6-2-3-15(21)18(22)23/h2-3,6,11,13,16-17H,4-5,7-10H2,1H3/t16-,17+/m1/s1. The number of aromatic nitrogens is 2. The van der Waals surface area contributed by atoms with Crippen molar-refractivity contribution in [2.45, 2.75) is 38.4 Å². The Labute approximate surface area is 145 Å². The Kier molecular flexibility index (Phi) is 3.31. The summed E-state index contributed by atoms with van der Waals surface area (Å²) < 4.78 is 2.21. The summed E-state index contributed by atoms with van der Waals surface area (Å²) in [6.07, 6.45) is 4.83. The van der Waals surface area contributed by atoms with Gasteiger partial charge in [-0.05, 0) is 37.8 Å². The van der Waals surface area contributed by atoms with E-state index in [1.807, 2.05) is 19.1 Å². The van der Waals surface area contributed by atoms with Crippen molar-refractivity contribution in [2.24, 2.45) is 5.92 Å². The summed E-state index contributed by atoms with van der Waals surface area (Å²) in [5, 5.41) is 3.15. The van der Waals surface area contributed by atoms with Crippen LogP contribution in [0.1, 0.15) is 40.1 Å². The van der Waals surface area contributed by atoms with Crippen LogP contribution in [0.15, 0.2) is 23.7 Å². The molecule has 2 aliphatic heterocycles. The molecule has 2 atom stereocenters. The highest BCUT2D eigenvalue weighted by atomic mass is 32.1. The summed E-state index contributed by atoms with van der Waals surface area (Å²) in [6, 6.07) is 4.61. The van der Waals surface area contributed by atoms with Crippen LogP contribution in [0, 0.1) is 12.8 Å². The molecule has 5 rings (SSSR count). The molecule has 0 aromatic carbocycles. The molecule has 24 heavy (non-hydrogen) atoms. The summed E-state index contributed by atoms with van der Waals surface area (Å²) in [4.78, 5) is 22.2. The number of fused-ring (bicyclic) bond motifs is 3. The van der Waals surface area contributed by atoms with Crippen LogP contribution >= 0.6 is 11.3 Å². The Hall–Kier alpha value is -1.66. The molecule has 0 N–H and O–H groups in total. The number of amides is 1. The molecule has 126 valence electrons. The fourth-order valence-electron chi connectivity index (χ4n) is 4.25. The van der Waals surface area contributed by atoms with Gasteiger partial charge in [0.2, 0.25) is 0 Å². The number of aryl methyl sites for hydroxylation is 1. The number of hydrogen-bond donors (Lipinski definition) is 0. The van der Waals surface area contributed by atoms with Crippen LogP contribution in [-0.4, -0.2) is 50.9 Å². The number of carbonyl (C=O) groups excluding carboxylic acids is 1. The Morgan fingerprint density at radius 1 is 1.29 bits per heavy atom. The largest absolute Gasteiger partial charge is 0.337 e. The maximum Gasteiger partial charge on any atom is 0.271 e. The molecule has 0 bridgehead atoms. The average Bonchev–Trinajstić information content (AvgIpc) is 2.97. The van der Waals surface area contributed by atoms with Gasteiger partial charge in [-0.25, -0.2) is 4.98 Å². The first kappa shape index (κ1) is 14.7. The molecule has 5 nitrogen and oxygen atoms in total. The highest BCUT2D eigenvalue weighted by Gasteiger charge is 2.45. The monoisotopic (exact) mass is 342 g/mol. The molecule has 4 heterocycles. The van der Waals surface area contributed by atoms with E-state index < -0.39 is 0 Å². The number of rotatable bonds is 4. The van der Waals surface area contributed by atoms with Crippen LogP contribution in [0.3, 0.4) is 0 Å². The molecular weight excluding hydrogens is 320 g/mol.